The highest BCUT2D eigenvalue weighted by molar-refractivity contribution is 5.77. The van der Waals surface area contributed by atoms with E-state index in [2.05, 4.69) is 42.5 Å². The quantitative estimate of drug-likeness (QED) is 0.720. The van der Waals surface area contributed by atoms with Crippen LogP contribution in [-0.2, 0) is 6.42 Å². The molecule has 18 heavy (non-hydrogen) atoms. The molecule has 0 heterocycles. The summed E-state index contributed by atoms with van der Waals surface area (Å²) in [6.45, 7) is 0. The third-order valence-electron chi connectivity index (χ3n) is 4.34. The van der Waals surface area contributed by atoms with Crippen LogP contribution in [0.1, 0.15) is 35.6 Å². The molecule has 2 N–H and O–H groups in total. The number of fused-ring (bicyclic) bond motifs is 3. The van der Waals surface area contributed by atoms with Crippen molar-refractivity contribution in [2.24, 2.45) is 11.7 Å². The first-order valence-electron chi connectivity index (χ1n) is 6.79. The number of hydrogen-bond donors (Lipinski definition) is 1. The molecule has 0 radical (unpaired) electrons. The van der Waals surface area contributed by atoms with Crippen LogP contribution in [0.2, 0.25) is 0 Å². The number of hydrogen-bond acceptors (Lipinski definition) is 1. The highest BCUT2D eigenvalue weighted by atomic mass is 14.7. The summed E-state index contributed by atoms with van der Waals surface area (Å²) in [5.74, 6) is 0.722. The molecule has 0 aromatic heterocycles. The van der Waals surface area contributed by atoms with Crippen molar-refractivity contribution in [3.05, 3.63) is 59.2 Å². The van der Waals surface area contributed by atoms with Gasteiger partial charge in [0, 0.05) is 6.04 Å². The number of rotatable bonds is 2. The van der Waals surface area contributed by atoms with E-state index in [0.717, 1.165) is 12.3 Å². The smallest absolute Gasteiger partial charge is 0.0323 e. The van der Waals surface area contributed by atoms with Crippen LogP contribution in [0.25, 0.3) is 11.1 Å². The average Bonchev–Trinajstić information content (AvgIpc) is 3.18. The SMILES string of the molecule is NC(c1ccc2c(c1)-c1ccccc1C2)C1CC1. The second-order valence-electron chi connectivity index (χ2n) is 5.61. The van der Waals surface area contributed by atoms with Gasteiger partial charge in [0.05, 0.1) is 0 Å². The molecule has 0 aliphatic heterocycles. The topological polar surface area (TPSA) is 26.0 Å². The van der Waals surface area contributed by atoms with Gasteiger partial charge >= 0.3 is 0 Å². The molecule has 1 unspecified atom stereocenters. The Balaban J connectivity index is 1.80. The van der Waals surface area contributed by atoms with Crippen LogP contribution in [-0.4, -0.2) is 0 Å². The van der Waals surface area contributed by atoms with Gasteiger partial charge < -0.3 is 5.73 Å². The van der Waals surface area contributed by atoms with Crippen LogP contribution in [0.4, 0.5) is 0 Å². The Labute approximate surface area is 108 Å². The molecule has 0 saturated heterocycles. The first-order chi connectivity index (χ1) is 8.83. The molecule has 1 saturated carbocycles. The fourth-order valence-corrected chi connectivity index (χ4v) is 3.08. The molecule has 1 heteroatoms. The molecule has 0 bridgehead atoms. The highest BCUT2D eigenvalue weighted by Crippen LogP contribution is 2.42. The molecular weight excluding hydrogens is 218 g/mol. The Morgan fingerprint density at radius 1 is 0.944 bits per heavy atom. The minimum atomic E-state index is 0.239. The zero-order valence-corrected chi connectivity index (χ0v) is 10.4. The van der Waals surface area contributed by atoms with Crippen LogP contribution in [0.5, 0.6) is 0 Å². The Bertz CT molecular complexity index is 611. The van der Waals surface area contributed by atoms with Gasteiger partial charge in [0.2, 0.25) is 0 Å². The van der Waals surface area contributed by atoms with Gasteiger partial charge in [0.1, 0.15) is 0 Å². The van der Waals surface area contributed by atoms with E-state index in [1.807, 2.05) is 0 Å². The zero-order valence-electron chi connectivity index (χ0n) is 10.4. The first kappa shape index (κ1) is 10.3. The monoisotopic (exact) mass is 235 g/mol. The standard InChI is InChI=1S/C17H17N/c18-17(11-5-6-11)14-8-7-13-9-12-3-1-2-4-15(12)16(13)10-14/h1-4,7-8,10-11,17H,5-6,9,18H2. The second kappa shape index (κ2) is 3.69. The van der Waals surface area contributed by atoms with Crippen LogP contribution >= 0.6 is 0 Å². The minimum Gasteiger partial charge on any atom is -0.324 e. The molecule has 0 spiro atoms. The molecule has 4 rings (SSSR count). The maximum atomic E-state index is 6.31. The van der Waals surface area contributed by atoms with Crippen molar-refractivity contribution < 1.29 is 0 Å². The molecule has 1 nitrogen and oxygen atoms in total. The van der Waals surface area contributed by atoms with Crippen molar-refractivity contribution in [1.82, 2.24) is 0 Å². The summed E-state index contributed by atoms with van der Waals surface area (Å²) in [4.78, 5) is 0. The molecule has 2 aliphatic rings. The Hall–Kier alpha value is -1.60. The molecule has 2 aliphatic carbocycles. The van der Waals surface area contributed by atoms with E-state index >= 15 is 0 Å². The van der Waals surface area contributed by atoms with E-state index < -0.39 is 0 Å². The summed E-state index contributed by atoms with van der Waals surface area (Å²) in [5, 5.41) is 0. The Morgan fingerprint density at radius 3 is 2.56 bits per heavy atom. The molecular formula is C17H17N. The first-order valence-corrected chi connectivity index (χ1v) is 6.79. The van der Waals surface area contributed by atoms with Gasteiger partial charge in [-0.1, -0.05) is 36.4 Å². The lowest BCUT2D eigenvalue weighted by molar-refractivity contribution is 0.633. The van der Waals surface area contributed by atoms with E-state index in [4.69, 9.17) is 5.73 Å². The van der Waals surface area contributed by atoms with Crippen LogP contribution in [0.15, 0.2) is 42.5 Å². The Morgan fingerprint density at radius 2 is 1.72 bits per heavy atom. The van der Waals surface area contributed by atoms with Crippen molar-refractivity contribution >= 4 is 0 Å². The fraction of sp³-hybridized carbons (Fsp3) is 0.294. The van der Waals surface area contributed by atoms with Crippen molar-refractivity contribution in [2.75, 3.05) is 0 Å². The maximum absolute atomic E-state index is 6.31. The summed E-state index contributed by atoms with van der Waals surface area (Å²) >= 11 is 0. The zero-order chi connectivity index (χ0) is 12.1. The van der Waals surface area contributed by atoms with E-state index in [9.17, 15) is 0 Å². The third kappa shape index (κ3) is 1.51. The summed E-state index contributed by atoms with van der Waals surface area (Å²) < 4.78 is 0. The van der Waals surface area contributed by atoms with Crippen LogP contribution < -0.4 is 5.73 Å². The van der Waals surface area contributed by atoms with E-state index in [1.54, 1.807) is 0 Å². The fourth-order valence-electron chi connectivity index (χ4n) is 3.08. The van der Waals surface area contributed by atoms with Gasteiger partial charge in [0.25, 0.3) is 0 Å². The van der Waals surface area contributed by atoms with Gasteiger partial charge in [-0.25, -0.2) is 0 Å². The van der Waals surface area contributed by atoms with Gasteiger partial charge in [-0.3, -0.25) is 0 Å². The van der Waals surface area contributed by atoms with Crippen molar-refractivity contribution in [2.45, 2.75) is 25.3 Å². The third-order valence-corrected chi connectivity index (χ3v) is 4.34. The Kier molecular flexibility index (Phi) is 2.12. The van der Waals surface area contributed by atoms with Gasteiger partial charge in [-0.15, -0.1) is 0 Å². The molecule has 90 valence electrons. The van der Waals surface area contributed by atoms with Gasteiger partial charge in [-0.2, -0.15) is 0 Å². The van der Waals surface area contributed by atoms with Crippen molar-refractivity contribution in [3.8, 4) is 11.1 Å². The molecule has 2 aromatic carbocycles. The van der Waals surface area contributed by atoms with E-state index in [0.29, 0.717) is 0 Å². The largest absolute Gasteiger partial charge is 0.324 e. The lowest BCUT2D eigenvalue weighted by Crippen LogP contribution is -2.12. The number of nitrogens with two attached hydrogens (primary N) is 1. The predicted octanol–water partition coefficient (Wildman–Crippen LogP) is 3.67. The van der Waals surface area contributed by atoms with Gasteiger partial charge in [-0.05, 0) is 59.1 Å². The van der Waals surface area contributed by atoms with Crippen molar-refractivity contribution in [1.29, 1.82) is 0 Å². The lowest BCUT2D eigenvalue weighted by atomic mass is 9.97. The average molecular weight is 235 g/mol. The number of benzene rings is 2. The van der Waals surface area contributed by atoms with Crippen LogP contribution in [0.3, 0.4) is 0 Å². The van der Waals surface area contributed by atoms with Crippen LogP contribution in [0, 0.1) is 5.92 Å². The lowest BCUT2D eigenvalue weighted by Gasteiger charge is -2.12. The predicted molar refractivity (Wildman–Crippen MR) is 74.3 cm³/mol. The molecule has 1 atom stereocenters. The minimum absolute atomic E-state index is 0.239. The highest BCUT2D eigenvalue weighted by Gasteiger charge is 2.30. The summed E-state index contributed by atoms with van der Waals surface area (Å²) in [5.41, 5.74) is 13.3. The maximum Gasteiger partial charge on any atom is 0.0323 e. The summed E-state index contributed by atoms with van der Waals surface area (Å²) in [6, 6.07) is 15.8. The van der Waals surface area contributed by atoms with Crippen molar-refractivity contribution in [3.63, 3.8) is 0 Å². The van der Waals surface area contributed by atoms with E-state index in [-0.39, 0.29) is 6.04 Å². The summed E-state index contributed by atoms with van der Waals surface area (Å²) in [7, 11) is 0. The normalized spacial score (nSPS) is 18.3. The second-order valence-corrected chi connectivity index (χ2v) is 5.61. The molecule has 0 amide bonds. The van der Waals surface area contributed by atoms with E-state index in [1.165, 1.54) is 40.7 Å². The van der Waals surface area contributed by atoms with Gasteiger partial charge in [0.15, 0.2) is 0 Å². The summed E-state index contributed by atoms with van der Waals surface area (Å²) in [6.07, 6.45) is 3.67. The molecule has 1 fully saturated rings. The molecule has 2 aromatic rings.